The van der Waals surface area contributed by atoms with Crippen LogP contribution >= 0.6 is 15.9 Å². The van der Waals surface area contributed by atoms with Crippen LogP contribution in [0.15, 0.2) is 59.5 Å². The number of benzene rings is 1. The third-order valence-corrected chi connectivity index (χ3v) is 3.46. The molecule has 0 radical (unpaired) electrons. The third kappa shape index (κ3) is 2.24. The molecule has 0 fully saturated rings. The van der Waals surface area contributed by atoms with Gasteiger partial charge in [0.15, 0.2) is 0 Å². The number of carbonyl (C=O) groups excluding carboxylic acids is 1. The number of rotatable bonds is 2. The van der Waals surface area contributed by atoms with Gasteiger partial charge in [0.2, 0.25) is 0 Å². The molecule has 0 saturated heterocycles. The minimum absolute atomic E-state index is 0.207. The first kappa shape index (κ1) is 11.9. The van der Waals surface area contributed by atoms with Crippen LogP contribution in [0.1, 0.15) is 10.4 Å². The maximum absolute atomic E-state index is 12.2. The predicted octanol–water partition coefficient (Wildman–Crippen LogP) is 3.18. The van der Waals surface area contributed by atoms with E-state index in [1.54, 1.807) is 23.0 Å². The smallest absolute Gasteiger partial charge is 0.267 e. The van der Waals surface area contributed by atoms with Crippen molar-refractivity contribution in [1.29, 1.82) is 0 Å². The Morgan fingerprint density at radius 2 is 2.00 bits per heavy atom. The minimum atomic E-state index is -0.207. The number of pyridine rings is 1. The van der Waals surface area contributed by atoms with Gasteiger partial charge in [0.05, 0.1) is 11.1 Å². The molecule has 0 saturated carbocycles. The Morgan fingerprint density at radius 1 is 1.16 bits per heavy atom. The van der Waals surface area contributed by atoms with Gasteiger partial charge < -0.3 is 0 Å². The molecule has 4 nitrogen and oxygen atoms in total. The zero-order chi connectivity index (χ0) is 13.2. The van der Waals surface area contributed by atoms with Gasteiger partial charge in [0.25, 0.3) is 5.91 Å². The topological polar surface area (TPSA) is 46.9 Å². The van der Waals surface area contributed by atoms with E-state index < -0.39 is 0 Å². The summed E-state index contributed by atoms with van der Waals surface area (Å²) < 4.78 is 2.24. The maximum Gasteiger partial charge on any atom is 0.272 e. The Balaban J connectivity index is 1.94. The van der Waals surface area contributed by atoms with Crippen LogP contribution in [0.2, 0.25) is 0 Å². The number of carbonyl (C=O) groups is 1. The highest BCUT2D eigenvalue weighted by Crippen LogP contribution is 2.16. The van der Waals surface area contributed by atoms with Crippen LogP contribution in [-0.4, -0.2) is 15.6 Å². The van der Waals surface area contributed by atoms with Crippen molar-refractivity contribution in [1.82, 2.24) is 9.66 Å². The van der Waals surface area contributed by atoms with Crippen LogP contribution in [-0.2, 0) is 0 Å². The first-order valence-electron chi connectivity index (χ1n) is 5.74. The Labute approximate surface area is 118 Å². The molecule has 2 heterocycles. The van der Waals surface area contributed by atoms with Crippen molar-refractivity contribution in [2.75, 3.05) is 5.43 Å². The maximum atomic E-state index is 12.2. The molecule has 0 aliphatic rings. The lowest BCUT2D eigenvalue weighted by molar-refractivity contribution is 0.101. The summed E-state index contributed by atoms with van der Waals surface area (Å²) in [7, 11) is 0. The van der Waals surface area contributed by atoms with E-state index >= 15 is 0 Å². The summed E-state index contributed by atoms with van der Waals surface area (Å²) in [5, 5.41) is 1.08. The Kier molecular flexibility index (Phi) is 3.05. The molecule has 0 unspecified atom stereocenters. The monoisotopic (exact) mass is 315 g/mol. The van der Waals surface area contributed by atoms with Crippen LogP contribution in [0.3, 0.4) is 0 Å². The van der Waals surface area contributed by atoms with Crippen molar-refractivity contribution >= 4 is 32.7 Å². The summed E-state index contributed by atoms with van der Waals surface area (Å²) >= 11 is 3.27. The molecule has 2 aromatic heterocycles. The molecule has 94 valence electrons. The first-order valence-corrected chi connectivity index (χ1v) is 6.53. The fourth-order valence-corrected chi connectivity index (χ4v) is 2.34. The lowest BCUT2D eigenvalue weighted by Gasteiger charge is -2.08. The van der Waals surface area contributed by atoms with Crippen LogP contribution in [0.4, 0.5) is 0 Å². The molecule has 3 rings (SSSR count). The number of aromatic nitrogens is 2. The molecule has 0 aliphatic carbocycles. The first-order chi connectivity index (χ1) is 9.25. The average Bonchev–Trinajstić information content (AvgIpc) is 2.83. The van der Waals surface area contributed by atoms with Gasteiger partial charge in [-0.05, 0) is 40.2 Å². The van der Waals surface area contributed by atoms with E-state index in [2.05, 4.69) is 26.3 Å². The van der Waals surface area contributed by atoms with E-state index in [1.807, 2.05) is 36.5 Å². The summed E-state index contributed by atoms with van der Waals surface area (Å²) in [6, 6.07) is 13.3. The second-order valence-electron chi connectivity index (χ2n) is 4.03. The Morgan fingerprint density at radius 3 is 2.84 bits per heavy atom. The van der Waals surface area contributed by atoms with Crippen molar-refractivity contribution in [3.05, 3.63) is 65.0 Å². The van der Waals surface area contributed by atoms with Gasteiger partial charge in [-0.2, -0.15) is 0 Å². The van der Waals surface area contributed by atoms with Crippen molar-refractivity contribution in [3.8, 4) is 0 Å². The molecule has 0 aliphatic heterocycles. The van der Waals surface area contributed by atoms with Gasteiger partial charge in [0, 0.05) is 17.8 Å². The normalized spacial score (nSPS) is 10.6. The molecule has 0 atom stereocenters. The van der Waals surface area contributed by atoms with Gasteiger partial charge in [0.1, 0.15) is 4.60 Å². The number of nitrogens with zero attached hydrogens (tertiary/aromatic N) is 2. The molecular formula is C14H10BrN3O. The number of halogens is 1. The fraction of sp³-hybridized carbons (Fsp3) is 0. The molecular weight excluding hydrogens is 306 g/mol. The largest absolute Gasteiger partial charge is 0.272 e. The van der Waals surface area contributed by atoms with Crippen molar-refractivity contribution < 1.29 is 4.79 Å². The minimum Gasteiger partial charge on any atom is -0.267 e. The number of hydrogen-bond acceptors (Lipinski definition) is 2. The fourth-order valence-electron chi connectivity index (χ4n) is 1.91. The van der Waals surface area contributed by atoms with E-state index in [9.17, 15) is 4.79 Å². The lowest BCUT2D eigenvalue weighted by Crippen LogP contribution is -2.22. The molecule has 5 heteroatoms. The van der Waals surface area contributed by atoms with Crippen LogP contribution in [0.5, 0.6) is 0 Å². The van der Waals surface area contributed by atoms with E-state index in [-0.39, 0.29) is 5.91 Å². The quantitative estimate of drug-likeness (QED) is 0.738. The number of fused-ring (bicyclic) bond motifs is 1. The summed E-state index contributed by atoms with van der Waals surface area (Å²) in [6.07, 6.45) is 3.46. The van der Waals surface area contributed by atoms with Crippen molar-refractivity contribution in [2.24, 2.45) is 0 Å². The summed E-state index contributed by atoms with van der Waals surface area (Å²) in [5.74, 6) is -0.207. The third-order valence-electron chi connectivity index (χ3n) is 2.83. The number of nitrogens with one attached hydrogen (secondary N) is 1. The molecule has 0 spiro atoms. The summed E-state index contributed by atoms with van der Waals surface area (Å²) in [4.78, 5) is 16.2. The van der Waals surface area contributed by atoms with Crippen LogP contribution < -0.4 is 5.43 Å². The van der Waals surface area contributed by atoms with Gasteiger partial charge in [-0.3, -0.25) is 14.9 Å². The van der Waals surface area contributed by atoms with Crippen LogP contribution in [0.25, 0.3) is 10.9 Å². The Bertz CT molecular complexity index is 751. The summed E-state index contributed by atoms with van der Waals surface area (Å²) in [5.41, 5.74) is 4.28. The molecule has 0 bridgehead atoms. The zero-order valence-electron chi connectivity index (χ0n) is 9.88. The SMILES string of the molecule is O=C(Nn1ccc2ccccc21)c1cccnc1Br. The molecule has 1 amide bonds. The Hall–Kier alpha value is -2.14. The predicted molar refractivity (Wildman–Crippen MR) is 77.6 cm³/mol. The highest BCUT2D eigenvalue weighted by atomic mass is 79.9. The number of para-hydroxylation sites is 1. The van der Waals surface area contributed by atoms with E-state index in [0.29, 0.717) is 10.2 Å². The summed E-state index contributed by atoms with van der Waals surface area (Å²) in [6.45, 7) is 0. The zero-order valence-corrected chi connectivity index (χ0v) is 11.5. The van der Waals surface area contributed by atoms with E-state index in [1.165, 1.54) is 0 Å². The highest BCUT2D eigenvalue weighted by molar-refractivity contribution is 9.10. The van der Waals surface area contributed by atoms with E-state index in [0.717, 1.165) is 10.9 Å². The number of amides is 1. The van der Waals surface area contributed by atoms with Gasteiger partial charge >= 0.3 is 0 Å². The van der Waals surface area contributed by atoms with Gasteiger partial charge in [-0.1, -0.05) is 18.2 Å². The van der Waals surface area contributed by atoms with Gasteiger partial charge in [-0.15, -0.1) is 0 Å². The van der Waals surface area contributed by atoms with Crippen LogP contribution in [0, 0.1) is 0 Å². The van der Waals surface area contributed by atoms with Gasteiger partial charge in [-0.25, -0.2) is 4.98 Å². The molecule has 1 aromatic carbocycles. The second kappa shape index (κ2) is 4.85. The van der Waals surface area contributed by atoms with Crippen molar-refractivity contribution in [2.45, 2.75) is 0 Å². The molecule has 3 aromatic rings. The molecule has 1 N–H and O–H groups in total. The molecule has 19 heavy (non-hydrogen) atoms. The number of hydrogen-bond donors (Lipinski definition) is 1. The lowest BCUT2D eigenvalue weighted by atomic mass is 10.2. The average molecular weight is 316 g/mol. The van der Waals surface area contributed by atoms with Crippen molar-refractivity contribution in [3.63, 3.8) is 0 Å². The standard InChI is InChI=1S/C14H10BrN3O/c15-13-11(5-3-8-16-13)14(19)17-18-9-7-10-4-1-2-6-12(10)18/h1-9H,(H,17,19). The second-order valence-corrected chi connectivity index (χ2v) is 4.78. The highest BCUT2D eigenvalue weighted by Gasteiger charge is 2.11. The van der Waals surface area contributed by atoms with E-state index in [4.69, 9.17) is 0 Å².